The molecule has 3 heterocycles. The van der Waals surface area contributed by atoms with Crippen LogP contribution in [0.15, 0.2) is 64.5 Å². The first kappa shape index (κ1) is 23.8. The van der Waals surface area contributed by atoms with E-state index in [1.54, 1.807) is 4.57 Å². The van der Waals surface area contributed by atoms with Crippen LogP contribution < -0.4 is 4.87 Å². The van der Waals surface area contributed by atoms with Gasteiger partial charge < -0.3 is 9.47 Å². The van der Waals surface area contributed by atoms with Crippen molar-refractivity contribution in [3.8, 4) is 0 Å². The number of piperidine rings is 1. The minimum atomic E-state index is -0.000449. The molecular weight excluding hydrogens is 478 g/mol. The van der Waals surface area contributed by atoms with Crippen LogP contribution in [0, 0.1) is 0 Å². The summed E-state index contributed by atoms with van der Waals surface area (Å²) in [5, 5.41) is 9.65. The van der Waals surface area contributed by atoms with Crippen LogP contribution >= 0.6 is 23.1 Å². The molecule has 7 nitrogen and oxygen atoms in total. The Bertz CT molecular complexity index is 1340. The number of hydrogen-bond acceptors (Lipinski definition) is 6. The lowest BCUT2D eigenvalue weighted by molar-refractivity contribution is -0.129. The Morgan fingerprint density at radius 2 is 1.71 bits per heavy atom. The number of carbonyl (C=O) groups excluding carboxylic acids is 1. The Labute approximate surface area is 212 Å². The van der Waals surface area contributed by atoms with Gasteiger partial charge in [-0.25, -0.2) is 0 Å². The number of aromatic nitrogens is 4. The zero-order chi connectivity index (χ0) is 24.0. The first-order chi connectivity index (χ1) is 17.2. The van der Waals surface area contributed by atoms with E-state index in [4.69, 9.17) is 0 Å². The van der Waals surface area contributed by atoms with E-state index in [1.165, 1.54) is 35.1 Å². The molecule has 1 fully saturated rings. The van der Waals surface area contributed by atoms with E-state index in [1.807, 2.05) is 35.2 Å². The number of rotatable bonds is 9. The van der Waals surface area contributed by atoms with Crippen LogP contribution in [0.4, 0.5) is 0 Å². The molecule has 1 aliphatic heterocycles. The van der Waals surface area contributed by atoms with Gasteiger partial charge in [0.25, 0.3) is 0 Å². The number of likely N-dealkylation sites (tertiary alicyclic amines) is 1. The number of para-hydroxylation sites is 1. The largest absolute Gasteiger partial charge is 0.342 e. The third-order valence-corrected chi connectivity index (χ3v) is 8.30. The molecule has 0 radical (unpaired) electrons. The predicted octanol–water partition coefficient (Wildman–Crippen LogP) is 4.44. The summed E-state index contributed by atoms with van der Waals surface area (Å²) in [5.41, 5.74) is 2.20. The van der Waals surface area contributed by atoms with Gasteiger partial charge in [-0.15, -0.1) is 10.2 Å². The molecule has 1 amide bonds. The number of carbonyl (C=O) groups is 1. The smallest absolute Gasteiger partial charge is 0.308 e. The molecule has 35 heavy (non-hydrogen) atoms. The Balaban J connectivity index is 1.35. The second kappa shape index (κ2) is 11.2. The minimum Gasteiger partial charge on any atom is -0.342 e. The van der Waals surface area contributed by atoms with Crippen molar-refractivity contribution in [2.75, 3.05) is 18.8 Å². The predicted molar refractivity (Wildman–Crippen MR) is 141 cm³/mol. The third kappa shape index (κ3) is 5.67. The lowest BCUT2D eigenvalue weighted by Crippen LogP contribution is -2.36. The fraction of sp³-hybridized carbons (Fsp3) is 0.385. The van der Waals surface area contributed by atoms with Crippen molar-refractivity contribution in [1.29, 1.82) is 0 Å². The molecule has 0 N–H and O–H groups in total. The maximum Gasteiger partial charge on any atom is 0.308 e. The molecular formula is C26H29N5O2S2. The highest BCUT2D eigenvalue weighted by Crippen LogP contribution is 2.22. The van der Waals surface area contributed by atoms with E-state index < -0.39 is 0 Å². The number of hydrogen-bond donors (Lipinski definition) is 0. The maximum absolute atomic E-state index is 12.7. The number of amides is 1. The van der Waals surface area contributed by atoms with Crippen molar-refractivity contribution >= 4 is 39.2 Å². The second-order valence-corrected chi connectivity index (χ2v) is 10.7. The van der Waals surface area contributed by atoms with Gasteiger partial charge in [0.15, 0.2) is 11.0 Å². The van der Waals surface area contributed by atoms with Crippen molar-refractivity contribution in [1.82, 2.24) is 24.2 Å². The van der Waals surface area contributed by atoms with Crippen LogP contribution in [0.25, 0.3) is 10.2 Å². The quantitative estimate of drug-likeness (QED) is 0.313. The Hall–Kier alpha value is -2.91. The van der Waals surface area contributed by atoms with E-state index in [0.717, 1.165) is 66.5 Å². The van der Waals surface area contributed by atoms with Crippen molar-refractivity contribution in [3.63, 3.8) is 0 Å². The number of thiazole rings is 1. The van der Waals surface area contributed by atoms with Crippen molar-refractivity contribution in [2.24, 2.45) is 0 Å². The molecule has 2 aromatic carbocycles. The summed E-state index contributed by atoms with van der Waals surface area (Å²) < 4.78 is 4.83. The van der Waals surface area contributed by atoms with Crippen LogP contribution in [0.5, 0.6) is 0 Å². The van der Waals surface area contributed by atoms with Crippen molar-refractivity contribution in [2.45, 2.75) is 50.4 Å². The van der Waals surface area contributed by atoms with E-state index in [2.05, 4.69) is 39.0 Å². The standard InChI is InChI=1S/C26H29N5O2S2/c32-24(29-15-7-2-8-16-29)19-34-25-28-27-23(30(25)17-9-12-20-10-3-1-4-11-20)18-31-21-13-5-6-14-22(21)35-26(31)33/h1,3-6,10-11,13-14H,2,7-9,12,15-19H2. The van der Waals surface area contributed by atoms with Gasteiger partial charge in [0.1, 0.15) is 0 Å². The number of fused-ring (bicyclic) bond motifs is 1. The second-order valence-electron chi connectivity index (χ2n) is 8.79. The van der Waals surface area contributed by atoms with E-state index >= 15 is 0 Å². The topological polar surface area (TPSA) is 73.0 Å². The SMILES string of the molecule is O=C(CSc1nnc(Cn2c(=O)sc3ccccc32)n1CCCc1ccccc1)N1CCCCC1. The highest BCUT2D eigenvalue weighted by molar-refractivity contribution is 7.99. The molecule has 9 heteroatoms. The molecule has 182 valence electrons. The summed E-state index contributed by atoms with van der Waals surface area (Å²) in [6.07, 6.45) is 5.23. The minimum absolute atomic E-state index is 0.000449. The average molecular weight is 508 g/mol. The van der Waals surface area contributed by atoms with Gasteiger partial charge in [0.2, 0.25) is 5.91 Å². The monoisotopic (exact) mass is 507 g/mol. The van der Waals surface area contributed by atoms with Crippen molar-refractivity contribution in [3.05, 3.63) is 75.7 Å². The van der Waals surface area contributed by atoms with Crippen molar-refractivity contribution < 1.29 is 4.79 Å². The van der Waals surface area contributed by atoms with E-state index in [-0.39, 0.29) is 10.8 Å². The number of benzene rings is 2. The number of nitrogens with zero attached hydrogens (tertiary/aromatic N) is 5. The Kier molecular flexibility index (Phi) is 7.63. The molecule has 2 aromatic heterocycles. The fourth-order valence-electron chi connectivity index (χ4n) is 4.52. The summed E-state index contributed by atoms with van der Waals surface area (Å²) >= 11 is 2.70. The molecule has 0 aliphatic carbocycles. The van der Waals surface area contributed by atoms with Crippen LogP contribution in [0.2, 0.25) is 0 Å². The van der Waals surface area contributed by atoms with Gasteiger partial charge >= 0.3 is 4.87 Å². The summed E-state index contributed by atoms with van der Waals surface area (Å²) in [4.78, 5) is 27.4. The molecule has 0 spiro atoms. The fourth-order valence-corrected chi connectivity index (χ4v) is 6.30. The van der Waals surface area contributed by atoms with Crippen LogP contribution in [-0.4, -0.2) is 49.0 Å². The van der Waals surface area contributed by atoms with Crippen LogP contribution in [-0.2, 0) is 24.3 Å². The third-order valence-electron chi connectivity index (χ3n) is 6.39. The Morgan fingerprint density at radius 3 is 2.54 bits per heavy atom. The molecule has 1 aliphatic rings. The first-order valence-electron chi connectivity index (χ1n) is 12.1. The summed E-state index contributed by atoms with van der Waals surface area (Å²) in [6.45, 7) is 2.79. The highest BCUT2D eigenvalue weighted by Gasteiger charge is 2.20. The van der Waals surface area contributed by atoms with Crippen LogP contribution in [0.1, 0.15) is 37.1 Å². The lowest BCUT2D eigenvalue weighted by atomic mass is 10.1. The number of thioether (sulfide) groups is 1. The number of aryl methyl sites for hydroxylation is 1. The molecule has 4 aromatic rings. The highest BCUT2D eigenvalue weighted by atomic mass is 32.2. The molecule has 1 saturated heterocycles. The molecule has 0 atom stereocenters. The molecule has 5 rings (SSSR count). The zero-order valence-corrected chi connectivity index (χ0v) is 21.3. The van der Waals surface area contributed by atoms with E-state index in [0.29, 0.717) is 12.3 Å². The van der Waals surface area contributed by atoms with Gasteiger partial charge in [0, 0.05) is 19.6 Å². The summed E-state index contributed by atoms with van der Waals surface area (Å²) in [6, 6.07) is 18.2. The molecule has 0 bridgehead atoms. The lowest BCUT2D eigenvalue weighted by Gasteiger charge is -2.26. The first-order valence-corrected chi connectivity index (χ1v) is 13.9. The summed E-state index contributed by atoms with van der Waals surface area (Å²) in [7, 11) is 0. The van der Waals surface area contributed by atoms with Crippen LogP contribution in [0.3, 0.4) is 0 Å². The summed E-state index contributed by atoms with van der Waals surface area (Å²) in [5.74, 6) is 1.27. The maximum atomic E-state index is 12.7. The average Bonchev–Trinajstić information content (AvgIpc) is 3.43. The van der Waals surface area contributed by atoms with Gasteiger partial charge in [0.05, 0.1) is 22.5 Å². The van der Waals surface area contributed by atoms with Gasteiger partial charge in [-0.2, -0.15) is 0 Å². The normalized spacial score (nSPS) is 14.0. The van der Waals surface area contributed by atoms with E-state index in [9.17, 15) is 9.59 Å². The molecule has 0 saturated carbocycles. The van der Waals surface area contributed by atoms with Gasteiger partial charge in [-0.05, 0) is 49.8 Å². The zero-order valence-electron chi connectivity index (χ0n) is 19.6. The van der Waals surface area contributed by atoms with Gasteiger partial charge in [-0.3, -0.25) is 14.2 Å². The van der Waals surface area contributed by atoms with Gasteiger partial charge in [-0.1, -0.05) is 65.6 Å². The Morgan fingerprint density at radius 1 is 0.943 bits per heavy atom. The molecule has 0 unspecified atom stereocenters.